The number of carbonyl (C=O) groups excluding carboxylic acids is 1. The molecule has 0 aliphatic rings. The maximum Gasteiger partial charge on any atom is 0.323 e. The van der Waals surface area contributed by atoms with E-state index in [1.54, 1.807) is 27.9 Å². The minimum absolute atomic E-state index is 0.0859. The molecule has 112 valence electrons. The summed E-state index contributed by atoms with van der Waals surface area (Å²) >= 11 is 0. The molecule has 0 saturated heterocycles. The Morgan fingerprint density at radius 1 is 1.21 bits per heavy atom. The summed E-state index contributed by atoms with van der Waals surface area (Å²) in [6.45, 7) is 6.17. The summed E-state index contributed by atoms with van der Waals surface area (Å²) in [5, 5.41) is 9.41. The van der Waals surface area contributed by atoms with Crippen molar-refractivity contribution in [3.63, 3.8) is 0 Å². The highest BCUT2D eigenvalue weighted by Crippen LogP contribution is 2.33. The maximum atomic E-state index is 12.0. The summed E-state index contributed by atoms with van der Waals surface area (Å²) in [5.41, 5.74) is -1.55. The van der Waals surface area contributed by atoms with Crippen molar-refractivity contribution >= 4 is 11.9 Å². The smallest absolute Gasteiger partial charge is 0.323 e. The zero-order chi connectivity index (χ0) is 14.9. The van der Waals surface area contributed by atoms with Gasteiger partial charge in [0.15, 0.2) is 5.41 Å². The molecule has 6 nitrogen and oxygen atoms in total. The van der Waals surface area contributed by atoms with Gasteiger partial charge in [0.1, 0.15) is 0 Å². The maximum absolute atomic E-state index is 12.0. The van der Waals surface area contributed by atoms with Gasteiger partial charge in [-0.1, -0.05) is 13.8 Å². The number of carbonyl (C=O) groups is 2. The fourth-order valence-electron chi connectivity index (χ4n) is 1.80. The summed E-state index contributed by atoms with van der Waals surface area (Å²) in [6.07, 6.45) is 0.0859. The standard InChI is InChI=1S/C13H24O6/c1-5-19-12(16)13(10(2)3,11(14)15)6-7-18-9-8-17-4/h10H,5-9H2,1-4H3,(H,14,15). The highest BCUT2D eigenvalue weighted by Gasteiger charge is 2.50. The molecule has 0 aromatic carbocycles. The van der Waals surface area contributed by atoms with Crippen LogP contribution in [0, 0.1) is 11.3 Å². The van der Waals surface area contributed by atoms with Gasteiger partial charge in [0.2, 0.25) is 0 Å². The lowest BCUT2D eigenvalue weighted by Crippen LogP contribution is -2.46. The third-order valence-electron chi connectivity index (χ3n) is 3.08. The summed E-state index contributed by atoms with van der Waals surface area (Å²) in [4.78, 5) is 23.5. The number of esters is 1. The van der Waals surface area contributed by atoms with Crippen LogP contribution in [0.1, 0.15) is 27.2 Å². The van der Waals surface area contributed by atoms with Gasteiger partial charge in [0.25, 0.3) is 0 Å². The second kappa shape index (κ2) is 8.87. The van der Waals surface area contributed by atoms with Gasteiger partial charge in [-0.15, -0.1) is 0 Å². The molecule has 0 aromatic heterocycles. The largest absolute Gasteiger partial charge is 0.480 e. The summed E-state index contributed by atoms with van der Waals surface area (Å²) < 4.78 is 15.0. The fourth-order valence-corrected chi connectivity index (χ4v) is 1.80. The topological polar surface area (TPSA) is 82.1 Å². The molecule has 0 amide bonds. The van der Waals surface area contributed by atoms with Gasteiger partial charge in [-0.3, -0.25) is 9.59 Å². The second-order valence-electron chi connectivity index (χ2n) is 4.51. The average molecular weight is 276 g/mol. The van der Waals surface area contributed by atoms with Crippen molar-refractivity contribution in [2.24, 2.45) is 11.3 Å². The molecule has 0 heterocycles. The van der Waals surface area contributed by atoms with Crippen molar-refractivity contribution in [3.05, 3.63) is 0 Å². The van der Waals surface area contributed by atoms with Crippen molar-refractivity contribution in [1.29, 1.82) is 0 Å². The van der Waals surface area contributed by atoms with Gasteiger partial charge >= 0.3 is 11.9 Å². The van der Waals surface area contributed by atoms with Crippen LogP contribution >= 0.6 is 0 Å². The predicted octanol–water partition coefficient (Wildman–Crippen LogP) is 1.33. The van der Waals surface area contributed by atoms with Gasteiger partial charge in [0.05, 0.1) is 19.8 Å². The van der Waals surface area contributed by atoms with Crippen LogP contribution in [-0.4, -0.2) is 50.6 Å². The van der Waals surface area contributed by atoms with Crippen molar-refractivity contribution in [2.45, 2.75) is 27.2 Å². The number of methoxy groups -OCH3 is 1. The minimum atomic E-state index is -1.55. The van der Waals surface area contributed by atoms with Crippen LogP contribution in [0.5, 0.6) is 0 Å². The van der Waals surface area contributed by atoms with Crippen molar-refractivity contribution in [2.75, 3.05) is 33.5 Å². The first kappa shape index (κ1) is 17.9. The second-order valence-corrected chi connectivity index (χ2v) is 4.51. The van der Waals surface area contributed by atoms with E-state index >= 15 is 0 Å². The highest BCUT2D eigenvalue weighted by molar-refractivity contribution is 5.99. The molecular weight excluding hydrogens is 252 g/mol. The molecule has 0 rings (SSSR count). The van der Waals surface area contributed by atoms with E-state index < -0.39 is 17.4 Å². The van der Waals surface area contributed by atoms with Crippen molar-refractivity contribution in [3.8, 4) is 0 Å². The summed E-state index contributed by atoms with van der Waals surface area (Å²) in [6, 6.07) is 0. The molecule has 0 radical (unpaired) electrons. The van der Waals surface area contributed by atoms with E-state index in [2.05, 4.69) is 0 Å². The predicted molar refractivity (Wildman–Crippen MR) is 68.9 cm³/mol. The molecule has 0 spiro atoms. The first-order valence-electron chi connectivity index (χ1n) is 6.40. The van der Waals surface area contributed by atoms with Gasteiger partial charge < -0.3 is 19.3 Å². The van der Waals surface area contributed by atoms with Crippen LogP contribution in [0.3, 0.4) is 0 Å². The molecule has 0 aliphatic heterocycles. The molecule has 0 bridgehead atoms. The van der Waals surface area contributed by atoms with Gasteiger partial charge in [-0.05, 0) is 19.3 Å². The third kappa shape index (κ3) is 4.80. The number of aliphatic carboxylic acids is 1. The quantitative estimate of drug-likeness (QED) is 0.368. The molecule has 0 aromatic rings. The van der Waals surface area contributed by atoms with Gasteiger partial charge in [-0.25, -0.2) is 0 Å². The Morgan fingerprint density at radius 3 is 2.26 bits per heavy atom. The van der Waals surface area contributed by atoms with E-state index in [1.165, 1.54) is 0 Å². The van der Waals surface area contributed by atoms with Gasteiger partial charge in [-0.2, -0.15) is 0 Å². The molecule has 1 N–H and O–H groups in total. The number of hydrogen-bond donors (Lipinski definition) is 1. The Hall–Kier alpha value is -1.14. The third-order valence-corrected chi connectivity index (χ3v) is 3.08. The monoisotopic (exact) mass is 276 g/mol. The zero-order valence-electron chi connectivity index (χ0n) is 12.1. The number of carboxylic acids is 1. The van der Waals surface area contributed by atoms with E-state index in [1.807, 2.05) is 0 Å². The molecule has 1 unspecified atom stereocenters. The van der Waals surface area contributed by atoms with E-state index in [-0.39, 0.29) is 25.6 Å². The first-order chi connectivity index (χ1) is 8.93. The molecule has 1 atom stereocenters. The molecule has 0 fully saturated rings. The normalized spacial score (nSPS) is 14.2. The van der Waals surface area contributed by atoms with E-state index in [0.29, 0.717) is 13.2 Å². The Balaban J connectivity index is 4.74. The molecule has 0 aliphatic carbocycles. The molecule has 0 saturated carbocycles. The van der Waals surface area contributed by atoms with Crippen LogP contribution in [0.25, 0.3) is 0 Å². The van der Waals surface area contributed by atoms with E-state index in [9.17, 15) is 14.7 Å². The Morgan fingerprint density at radius 2 is 1.84 bits per heavy atom. The van der Waals surface area contributed by atoms with E-state index in [0.717, 1.165) is 0 Å². The van der Waals surface area contributed by atoms with Crippen molar-refractivity contribution in [1.82, 2.24) is 0 Å². The van der Waals surface area contributed by atoms with Crippen LogP contribution in [0.15, 0.2) is 0 Å². The molecule has 6 heteroatoms. The SMILES string of the molecule is CCOC(=O)C(CCOCCOC)(C(=O)O)C(C)C. The summed E-state index contributed by atoms with van der Waals surface area (Å²) in [7, 11) is 1.55. The van der Waals surface area contributed by atoms with Crippen LogP contribution < -0.4 is 0 Å². The Labute approximate surface area is 114 Å². The number of hydrogen-bond acceptors (Lipinski definition) is 5. The Kier molecular flexibility index (Phi) is 8.34. The van der Waals surface area contributed by atoms with Crippen LogP contribution in [0.2, 0.25) is 0 Å². The fraction of sp³-hybridized carbons (Fsp3) is 0.846. The zero-order valence-corrected chi connectivity index (χ0v) is 12.1. The first-order valence-corrected chi connectivity index (χ1v) is 6.40. The molecule has 19 heavy (non-hydrogen) atoms. The minimum Gasteiger partial charge on any atom is -0.480 e. The van der Waals surface area contributed by atoms with E-state index in [4.69, 9.17) is 14.2 Å². The molecular formula is C13H24O6. The summed E-state index contributed by atoms with van der Waals surface area (Å²) in [5.74, 6) is -2.25. The van der Waals surface area contributed by atoms with Gasteiger partial charge in [0, 0.05) is 13.7 Å². The lowest BCUT2D eigenvalue weighted by molar-refractivity contribution is -0.174. The number of rotatable bonds is 10. The van der Waals surface area contributed by atoms with Crippen LogP contribution in [0.4, 0.5) is 0 Å². The number of ether oxygens (including phenoxy) is 3. The average Bonchev–Trinajstić information content (AvgIpc) is 2.33. The lowest BCUT2D eigenvalue weighted by Gasteiger charge is -2.30. The Bertz CT molecular complexity index is 289. The number of carboxylic acid groups (broad SMARTS) is 1. The van der Waals surface area contributed by atoms with Crippen LogP contribution in [-0.2, 0) is 23.8 Å². The lowest BCUT2D eigenvalue weighted by atomic mass is 9.74. The highest BCUT2D eigenvalue weighted by atomic mass is 16.5. The van der Waals surface area contributed by atoms with Crippen molar-refractivity contribution < 1.29 is 28.9 Å².